The normalized spacial score (nSPS) is 11.2. The van der Waals surface area contributed by atoms with Gasteiger partial charge in [0.05, 0.1) is 0 Å². The lowest BCUT2D eigenvalue weighted by Gasteiger charge is -2.13. The third kappa shape index (κ3) is 4.23. The van der Waals surface area contributed by atoms with Gasteiger partial charge < -0.3 is 15.2 Å². The van der Waals surface area contributed by atoms with Crippen molar-refractivity contribution in [3.8, 4) is 0 Å². The van der Waals surface area contributed by atoms with Crippen LogP contribution in [-0.2, 0) is 0 Å². The van der Waals surface area contributed by atoms with Gasteiger partial charge in [0.2, 0.25) is 0 Å². The minimum absolute atomic E-state index is 0.00532. The summed E-state index contributed by atoms with van der Waals surface area (Å²) in [6.45, 7) is 9.76. The molecule has 17 heavy (non-hydrogen) atoms. The molecule has 0 saturated heterocycles. The smallest absolute Gasteiger partial charge is 0.267 e. The third-order valence-electron chi connectivity index (χ3n) is 2.53. The van der Waals surface area contributed by atoms with Crippen LogP contribution in [0.4, 0.5) is 0 Å². The Labute approximate surface area is 103 Å². The molecular weight excluding hydrogens is 214 g/mol. The molecule has 1 rings (SSSR count). The standard InChI is InChI=1S/C13H23N3O/c1-10(2)14-7-8-15-13(17)12-6-5-9-16(12)11(3)4/h5-6,9-11,14H,7-8H2,1-4H3,(H,15,17). The molecule has 0 atom stereocenters. The predicted molar refractivity (Wildman–Crippen MR) is 70.3 cm³/mol. The van der Waals surface area contributed by atoms with E-state index in [0.29, 0.717) is 18.6 Å². The van der Waals surface area contributed by atoms with E-state index in [1.807, 2.05) is 22.9 Å². The second-order valence-electron chi connectivity index (χ2n) is 4.76. The van der Waals surface area contributed by atoms with Crippen LogP contribution in [0.5, 0.6) is 0 Å². The molecule has 0 aliphatic heterocycles. The van der Waals surface area contributed by atoms with Gasteiger partial charge in [-0.2, -0.15) is 0 Å². The fraction of sp³-hybridized carbons (Fsp3) is 0.615. The molecule has 1 heterocycles. The molecule has 1 amide bonds. The summed E-state index contributed by atoms with van der Waals surface area (Å²) in [6.07, 6.45) is 1.94. The summed E-state index contributed by atoms with van der Waals surface area (Å²) < 4.78 is 1.98. The van der Waals surface area contributed by atoms with Crippen molar-refractivity contribution in [3.63, 3.8) is 0 Å². The van der Waals surface area contributed by atoms with E-state index in [1.54, 1.807) is 0 Å². The molecule has 4 heteroatoms. The average molecular weight is 237 g/mol. The Kier molecular flexibility index (Phi) is 5.22. The van der Waals surface area contributed by atoms with Crippen molar-refractivity contribution >= 4 is 5.91 Å². The Hall–Kier alpha value is -1.29. The van der Waals surface area contributed by atoms with Crippen LogP contribution in [0.1, 0.15) is 44.2 Å². The van der Waals surface area contributed by atoms with Crippen molar-refractivity contribution in [1.82, 2.24) is 15.2 Å². The average Bonchev–Trinajstić information content (AvgIpc) is 2.72. The number of amides is 1. The van der Waals surface area contributed by atoms with Crippen molar-refractivity contribution < 1.29 is 4.79 Å². The Morgan fingerprint density at radius 2 is 2.00 bits per heavy atom. The number of hydrogen-bond donors (Lipinski definition) is 2. The molecule has 1 aromatic rings. The first-order valence-corrected chi connectivity index (χ1v) is 6.20. The molecular formula is C13H23N3O. The molecule has 0 radical (unpaired) electrons. The van der Waals surface area contributed by atoms with Crippen molar-refractivity contribution in [1.29, 1.82) is 0 Å². The second kappa shape index (κ2) is 6.45. The quantitative estimate of drug-likeness (QED) is 0.741. The number of carbonyl (C=O) groups is 1. The number of hydrogen-bond acceptors (Lipinski definition) is 2. The zero-order chi connectivity index (χ0) is 12.8. The summed E-state index contributed by atoms with van der Waals surface area (Å²) in [7, 11) is 0. The zero-order valence-corrected chi connectivity index (χ0v) is 11.2. The highest BCUT2D eigenvalue weighted by Gasteiger charge is 2.11. The van der Waals surface area contributed by atoms with E-state index < -0.39 is 0 Å². The molecule has 0 aliphatic rings. The van der Waals surface area contributed by atoms with E-state index in [1.165, 1.54) is 0 Å². The van der Waals surface area contributed by atoms with Gasteiger partial charge in [0.1, 0.15) is 5.69 Å². The molecule has 96 valence electrons. The van der Waals surface area contributed by atoms with Crippen molar-refractivity contribution in [3.05, 3.63) is 24.0 Å². The maximum absolute atomic E-state index is 11.9. The van der Waals surface area contributed by atoms with Crippen molar-refractivity contribution in [2.75, 3.05) is 13.1 Å². The first-order chi connectivity index (χ1) is 8.02. The van der Waals surface area contributed by atoms with Crippen LogP contribution < -0.4 is 10.6 Å². The molecule has 0 aliphatic carbocycles. The SMILES string of the molecule is CC(C)NCCNC(=O)c1cccn1C(C)C. The molecule has 0 saturated carbocycles. The minimum atomic E-state index is -0.00532. The lowest BCUT2D eigenvalue weighted by molar-refractivity contribution is 0.0943. The summed E-state index contributed by atoms with van der Waals surface area (Å²) >= 11 is 0. The van der Waals surface area contributed by atoms with Crippen LogP contribution in [0, 0.1) is 0 Å². The maximum Gasteiger partial charge on any atom is 0.267 e. The number of carbonyl (C=O) groups excluding carboxylic acids is 1. The van der Waals surface area contributed by atoms with Gasteiger partial charge in [0, 0.05) is 31.4 Å². The van der Waals surface area contributed by atoms with Gasteiger partial charge in [-0.1, -0.05) is 13.8 Å². The summed E-state index contributed by atoms with van der Waals surface area (Å²) in [6, 6.07) is 4.51. The van der Waals surface area contributed by atoms with Gasteiger partial charge in [0.15, 0.2) is 0 Å². The lowest BCUT2D eigenvalue weighted by atomic mass is 10.3. The Morgan fingerprint density at radius 3 is 2.59 bits per heavy atom. The zero-order valence-electron chi connectivity index (χ0n) is 11.2. The Bertz CT molecular complexity index is 355. The summed E-state index contributed by atoms with van der Waals surface area (Å²) in [4.78, 5) is 11.9. The number of aromatic nitrogens is 1. The third-order valence-corrected chi connectivity index (χ3v) is 2.53. The van der Waals surface area contributed by atoms with Gasteiger partial charge in [-0.25, -0.2) is 0 Å². The van der Waals surface area contributed by atoms with Gasteiger partial charge >= 0.3 is 0 Å². The Morgan fingerprint density at radius 1 is 1.29 bits per heavy atom. The van der Waals surface area contributed by atoms with E-state index >= 15 is 0 Å². The molecule has 0 unspecified atom stereocenters. The number of nitrogens with zero attached hydrogens (tertiary/aromatic N) is 1. The molecule has 0 fully saturated rings. The van der Waals surface area contributed by atoms with Gasteiger partial charge in [-0.05, 0) is 26.0 Å². The van der Waals surface area contributed by atoms with Crippen molar-refractivity contribution in [2.45, 2.75) is 39.8 Å². The van der Waals surface area contributed by atoms with E-state index in [9.17, 15) is 4.79 Å². The maximum atomic E-state index is 11.9. The summed E-state index contributed by atoms with van der Waals surface area (Å²) in [5.74, 6) is -0.00532. The lowest BCUT2D eigenvalue weighted by Crippen LogP contribution is -2.35. The van der Waals surface area contributed by atoms with E-state index in [2.05, 4.69) is 38.3 Å². The number of rotatable bonds is 6. The largest absolute Gasteiger partial charge is 0.349 e. The minimum Gasteiger partial charge on any atom is -0.349 e. The molecule has 2 N–H and O–H groups in total. The summed E-state index contributed by atoms with van der Waals surface area (Å²) in [5.41, 5.74) is 0.726. The van der Waals surface area contributed by atoms with Crippen LogP contribution >= 0.6 is 0 Å². The van der Waals surface area contributed by atoms with Crippen LogP contribution in [0.2, 0.25) is 0 Å². The van der Waals surface area contributed by atoms with E-state index in [-0.39, 0.29) is 5.91 Å². The monoisotopic (exact) mass is 237 g/mol. The molecule has 4 nitrogen and oxygen atoms in total. The highest BCUT2D eigenvalue weighted by Crippen LogP contribution is 2.10. The molecule has 0 spiro atoms. The fourth-order valence-electron chi connectivity index (χ4n) is 1.66. The fourth-order valence-corrected chi connectivity index (χ4v) is 1.66. The van der Waals surface area contributed by atoms with Crippen LogP contribution in [-0.4, -0.2) is 29.6 Å². The van der Waals surface area contributed by atoms with E-state index in [4.69, 9.17) is 0 Å². The topological polar surface area (TPSA) is 46.1 Å². The predicted octanol–water partition coefficient (Wildman–Crippen LogP) is 1.80. The first-order valence-electron chi connectivity index (χ1n) is 6.20. The highest BCUT2D eigenvalue weighted by molar-refractivity contribution is 5.92. The molecule has 0 aromatic carbocycles. The first kappa shape index (κ1) is 13.8. The molecule has 1 aromatic heterocycles. The number of nitrogens with one attached hydrogen (secondary N) is 2. The van der Waals surface area contributed by atoms with Gasteiger partial charge in [-0.15, -0.1) is 0 Å². The van der Waals surface area contributed by atoms with Crippen molar-refractivity contribution in [2.24, 2.45) is 0 Å². The van der Waals surface area contributed by atoms with Gasteiger partial charge in [-0.3, -0.25) is 4.79 Å². The van der Waals surface area contributed by atoms with Crippen LogP contribution in [0.3, 0.4) is 0 Å². The second-order valence-corrected chi connectivity index (χ2v) is 4.76. The Balaban J connectivity index is 2.44. The van der Waals surface area contributed by atoms with E-state index in [0.717, 1.165) is 12.2 Å². The molecule has 0 bridgehead atoms. The van der Waals surface area contributed by atoms with Crippen LogP contribution in [0.15, 0.2) is 18.3 Å². The summed E-state index contributed by atoms with van der Waals surface area (Å²) in [5, 5.41) is 6.18. The van der Waals surface area contributed by atoms with Crippen LogP contribution in [0.25, 0.3) is 0 Å². The highest BCUT2D eigenvalue weighted by atomic mass is 16.1. The van der Waals surface area contributed by atoms with Gasteiger partial charge in [0.25, 0.3) is 5.91 Å².